The zero-order valence-corrected chi connectivity index (χ0v) is 9.59. The molecule has 0 aliphatic carbocycles. The van der Waals surface area contributed by atoms with Crippen LogP contribution in [0.4, 0.5) is 4.39 Å². The van der Waals surface area contributed by atoms with Gasteiger partial charge in [0, 0.05) is 6.04 Å². The van der Waals surface area contributed by atoms with Gasteiger partial charge in [-0.25, -0.2) is 4.39 Å². The summed E-state index contributed by atoms with van der Waals surface area (Å²) in [7, 11) is 1.44. The Morgan fingerprint density at radius 3 is 2.75 bits per heavy atom. The van der Waals surface area contributed by atoms with Gasteiger partial charge in [0.1, 0.15) is 0 Å². The van der Waals surface area contributed by atoms with Crippen LogP contribution in [0.15, 0.2) is 30.4 Å². The second kappa shape index (κ2) is 5.63. The zero-order chi connectivity index (χ0) is 12.1. The number of ether oxygens (including phenoxy) is 1. The Morgan fingerprint density at radius 2 is 2.31 bits per heavy atom. The quantitative estimate of drug-likeness (QED) is 0.458. The normalized spacial score (nSPS) is 12.2. The highest BCUT2D eigenvalue weighted by Crippen LogP contribution is 2.24. The second-order valence-electron chi connectivity index (χ2n) is 3.77. The van der Waals surface area contributed by atoms with Crippen LogP contribution in [-0.2, 0) is 0 Å². The minimum Gasteiger partial charge on any atom is -0.494 e. The number of methoxy groups -OCH3 is 1. The highest BCUT2D eigenvalue weighted by Gasteiger charge is 2.12. The maximum absolute atomic E-state index is 13.5. The average Bonchev–Trinajstić information content (AvgIpc) is 2.25. The largest absolute Gasteiger partial charge is 0.494 e. The molecule has 0 amide bonds. The van der Waals surface area contributed by atoms with E-state index in [1.54, 1.807) is 12.1 Å². The van der Waals surface area contributed by atoms with Crippen molar-refractivity contribution >= 4 is 0 Å². The lowest BCUT2D eigenvalue weighted by Crippen LogP contribution is -2.28. The van der Waals surface area contributed by atoms with E-state index in [1.165, 1.54) is 13.2 Å². The maximum Gasteiger partial charge on any atom is 0.165 e. The van der Waals surface area contributed by atoms with Gasteiger partial charge in [-0.05, 0) is 31.0 Å². The molecule has 0 aliphatic heterocycles. The van der Waals surface area contributed by atoms with Gasteiger partial charge in [0.15, 0.2) is 11.6 Å². The number of halogens is 1. The monoisotopic (exact) mass is 224 g/mol. The average molecular weight is 224 g/mol. The van der Waals surface area contributed by atoms with E-state index < -0.39 is 0 Å². The Bertz CT molecular complexity index is 379. The van der Waals surface area contributed by atoms with Crippen molar-refractivity contribution in [3.8, 4) is 5.75 Å². The highest BCUT2D eigenvalue weighted by molar-refractivity contribution is 5.31. The number of rotatable bonds is 5. The fraction of sp³-hybridized carbons (Fsp3) is 0.333. The summed E-state index contributed by atoms with van der Waals surface area (Å²) < 4.78 is 18.3. The number of benzene rings is 1. The molecule has 0 heterocycles. The number of hydrazine groups is 1. The lowest BCUT2D eigenvalue weighted by Gasteiger charge is -2.16. The molecule has 0 aromatic heterocycles. The Hall–Kier alpha value is -1.39. The molecule has 4 heteroatoms. The summed E-state index contributed by atoms with van der Waals surface area (Å²) in [5.74, 6) is 5.27. The molecule has 3 nitrogen and oxygen atoms in total. The molecule has 1 rings (SSSR count). The van der Waals surface area contributed by atoms with E-state index in [1.807, 2.05) is 6.92 Å². The van der Waals surface area contributed by atoms with E-state index in [-0.39, 0.29) is 17.6 Å². The van der Waals surface area contributed by atoms with Crippen LogP contribution in [0.25, 0.3) is 0 Å². The molecule has 0 fully saturated rings. The van der Waals surface area contributed by atoms with Crippen molar-refractivity contribution in [2.24, 2.45) is 5.84 Å². The van der Waals surface area contributed by atoms with Gasteiger partial charge < -0.3 is 4.74 Å². The van der Waals surface area contributed by atoms with Crippen LogP contribution >= 0.6 is 0 Å². The number of hydrogen-bond donors (Lipinski definition) is 2. The highest BCUT2D eigenvalue weighted by atomic mass is 19.1. The van der Waals surface area contributed by atoms with Gasteiger partial charge in [0.25, 0.3) is 0 Å². The van der Waals surface area contributed by atoms with Gasteiger partial charge >= 0.3 is 0 Å². The van der Waals surface area contributed by atoms with Crippen LogP contribution in [0.1, 0.15) is 24.9 Å². The first-order chi connectivity index (χ1) is 7.58. The third-order valence-corrected chi connectivity index (χ3v) is 2.33. The van der Waals surface area contributed by atoms with Crippen LogP contribution in [0.2, 0.25) is 0 Å². The van der Waals surface area contributed by atoms with Gasteiger partial charge in [-0.1, -0.05) is 11.6 Å². The molecule has 1 unspecified atom stereocenters. The Balaban J connectivity index is 2.93. The molecular formula is C12H17FN2O. The lowest BCUT2D eigenvalue weighted by molar-refractivity contribution is 0.385. The van der Waals surface area contributed by atoms with Crippen LogP contribution in [-0.4, -0.2) is 7.11 Å². The van der Waals surface area contributed by atoms with Crippen LogP contribution in [0.5, 0.6) is 5.75 Å². The van der Waals surface area contributed by atoms with Gasteiger partial charge in [-0.3, -0.25) is 11.3 Å². The fourth-order valence-corrected chi connectivity index (χ4v) is 1.52. The van der Waals surface area contributed by atoms with Crippen LogP contribution in [0, 0.1) is 5.82 Å². The molecular weight excluding hydrogens is 207 g/mol. The predicted molar refractivity (Wildman–Crippen MR) is 62.4 cm³/mol. The zero-order valence-electron chi connectivity index (χ0n) is 9.59. The van der Waals surface area contributed by atoms with Crippen molar-refractivity contribution in [2.45, 2.75) is 19.4 Å². The molecule has 1 aromatic carbocycles. The Kier molecular flexibility index (Phi) is 4.46. The SMILES string of the molecule is C=C(C)CC(NN)c1ccc(OC)c(F)c1. The molecule has 16 heavy (non-hydrogen) atoms. The molecule has 0 saturated heterocycles. The number of hydrogen-bond acceptors (Lipinski definition) is 3. The topological polar surface area (TPSA) is 47.3 Å². The van der Waals surface area contributed by atoms with Crippen LogP contribution in [0.3, 0.4) is 0 Å². The fourth-order valence-electron chi connectivity index (χ4n) is 1.52. The summed E-state index contributed by atoms with van der Waals surface area (Å²) in [5.41, 5.74) is 4.41. The molecule has 88 valence electrons. The van der Waals surface area contributed by atoms with E-state index in [2.05, 4.69) is 12.0 Å². The summed E-state index contributed by atoms with van der Waals surface area (Å²) in [6, 6.07) is 4.67. The predicted octanol–water partition coefficient (Wildman–Crippen LogP) is 2.30. The smallest absolute Gasteiger partial charge is 0.165 e. The minimum absolute atomic E-state index is 0.127. The minimum atomic E-state index is -0.387. The van der Waals surface area contributed by atoms with Gasteiger partial charge in [0.2, 0.25) is 0 Å². The first-order valence-corrected chi connectivity index (χ1v) is 5.02. The first-order valence-electron chi connectivity index (χ1n) is 5.02. The van der Waals surface area contributed by atoms with Crippen molar-refractivity contribution in [3.05, 3.63) is 41.7 Å². The third kappa shape index (κ3) is 3.05. The molecule has 0 bridgehead atoms. The van der Waals surface area contributed by atoms with Gasteiger partial charge in [-0.15, -0.1) is 6.58 Å². The summed E-state index contributed by atoms with van der Waals surface area (Å²) in [4.78, 5) is 0. The Morgan fingerprint density at radius 1 is 1.62 bits per heavy atom. The summed E-state index contributed by atoms with van der Waals surface area (Å²) in [6.45, 7) is 5.72. The summed E-state index contributed by atoms with van der Waals surface area (Å²) in [5, 5.41) is 0. The van der Waals surface area contributed by atoms with E-state index >= 15 is 0 Å². The standard InChI is InChI=1S/C12H17FN2O/c1-8(2)6-11(15-14)9-4-5-12(16-3)10(13)7-9/h4-5,7,11,15H,1,6,14H2,2-3H3. The van der Waals surface area contributed by atoms with Crippen molar-refractivity contribution < 1.29 is 9.13 Å². The Labute approximate surface area is 95.1 Å². The summed E-state index contributed by atoms with van der Waals surface area (Å²) >= 11 is 0. The molecule has 0 aliphatic rings. The van der Waals surface area contributed by atoms with E-state index in [4.69, 9.17) is 10.6 Å². The molecule has 1 aromatic rings. The van der Waals surface area contributed by atoms with Crippen LogP contribution < -0.4 is 16.0 Å². The molecule has 1 atom stereocenters. The van der Waals surface area contributed by atoms with Crippen molar-refractivity contribution in [1.82, 2.24) is 5.43 Å². The lowest BCUT2D eigenvalue weighted by atomic mass is 10.0. The molecule has 0 spiro atoms. The van der Waals surface area contributed by atoms with Crippen molar-refractivity contribution in [2.75, 3.05) is 7.11 Å². The summed E-state index contributed by atoms with van der Waals surface area (Å²) in [6.07, 6.45) is 0.669. The third-order valence-electron chi connectivity index (χ3n) is 2.33. The number of nitrogens with one attached hydrogen (secondary N) is 1. The first kappa shape index (κ1) is 12.7. The van der Waals surface area contributed by atoms with Gasteiger partial charge in [-0.2, -0.15) is 0 Å². The van der Waals surface area contributed by atoms with E-state index in [0.29, 0.717) is 6.42 Å². The molecule has 3 N–H and O–H groups in total. The number of nitrogens with two attached hydrogens (primary N) is 1. The maximum atomic E-state index is 13.5. The van der Waals surface area contributed by atoms with E-state index in [9.17, 15) is 4.39 Å². The van der Waals surface area contributed by atoms with E-state index in [0.717, 1.165) is 11.1 Å². The van der Waals surface area contributed by atoms with Crippen molar-refractivity contribution in [3.63, 3.8) is 0 Å². The molecule has 0 radical (unpaired) electrons. The van der Waals surface area contributed by atoms with Gasteiger partial charge in [0.05, 0.1) is 7.11 Å². The molecule has 0 saturated carbocycles. The second-order valence-corrected chi connectivity index (χ2v) is 3.77. The van der Waals surface area contributed by atoms with Crippen molar-refractivity contribution in [1.29, 1.82) is 0 Å².